The van der Waals surface area contributed by atoms with Gasteiger partial charge in [-0.05, 0) is 30.7 Å². The van der Waals surface area contributed by atoms with Gasteiger partial charge in [0.25, 0.3) is 5.91 Å². The number of carbonyl (C=O) groups excluding carboxylic acids is 2. The first-order valence-electron chi connectivity index (χ1n) is 6.88. The van der Waals surface area contributed by atoms with E-state index in [0.29, 0.717) is 12.2 Å². The number of esters is 1. The van der Waals surface area contributed by atoms with Gasteiger partial charge in [-0.3, -0.25) is 4.79 Å². The van der Waals surface area contributed by atoms with Crippen molar-refractivity contribution in [2.75, 3.05) is 24.7 Å². The zero-order valence-electron chi connectivity index (χ0n) is 12.2. The predicted molar refractivity (Wildman–Crippen MR) is 85.8 cm³/mol. The summed E-state index contributed by atoms with van der Waals surface area (Å²) in [7, 11) is -3.06. The minimum atomic E-state index is -3.06. The summed E-state index contributed by atoms with van der Waals surface area (Å²) in [5.74, 6) is -0.699. The van der Waals surface area contributed by atoms with E-state index in [1.165, 1.54) is 0 Å². The Morgan fingerprint density at radius 1 is 1.22 bits per heavy atom. The lowest BCUT2D eigenvalue weighted by Gasteiger charge is -2.11. The molecule has 2 rings (SSSR count). The summed E-state index contributed by atoms with van der Waals surface area (Å²) in [4.78, 5) is 23.1. The number of carbonyl (C=O) groups is 2. The Morgan fingerprint density at radius 3 is 2.52 bits per heavy atom. The Labute approximate surface area is 142 Å². The molecule has 1 aliphatic rings. The molecule has 23 heavy (non-hydrogen) atoms. The number of benzene rings is 1. The molecule has 1 N–H and O–H groups in total. The highest BCUT2D eigenvalue weighted by Crippen LogP contribution is 2.16. The lowest BCUT2D eigenvalue weighted by Crippen LogP contribution is -2.38. The number of hydrogen-bond donors (Lipinski definition) is 1. The van der Waals surface area contributed by atoms with Gasteiger partial charge in [0, 0.05) is 10.5 Å². The number of ether oxygens (including phenoxy) is 2. The van der Waals surface area contributed by atoms with Crippen molar-refractivity contribution in [2.45, 2.75) is 12.5 Å². The molecule has 1 atom stereocenters. The largest absolute Gasteiger partial charge is 0.482 e. The normalized spacial score (nSPS) is 19.1. The van der Waals surface area contributed by atoms with E-state index in [0.717, 1.165) is 4.47 Å². The van der Waals surface area contributed by atoms with Crippen LogP contribution in [0.25, 0.3) is 0 Å². The van der Waals surface area contributed by atoms with E-state index in [-0.39, 0.29) is 18.1 Å². The van der Waals surface area contributed by atoms with E-state index < -0.39 is 34.4 Å². The van der Waals surface area contributed by atoms with Crippen molar-refractivity contribution in [3.05, 3.63) is 28.7 Å². The fourth-order valence-corrected chi connectivity index (χ4v) is 3.98. The van der Waals surface area contributed by atoms with Gasteiger partial charge >= 0.3 is 5.97 Å². The summed E-state index contributed by atoms with van der Waals surface area (Å²) in [6.07, 6.45) is 0.384. The molecule has 0 aliphatic carbocycles. The summed E-state index contributed by atoms with van der Waals surface area (Å²) in [6.45, 7) is -0.772. The van der Waals surface area contributed by atoms with Crippen LogP contribution in [0.2, 0.25) is 0 Å². The van der Waals surface area contributed by atoms with Crippen LogP contribution < -0.4 is 10.1 Å². The third-order valence-electron chi connectivity index (χ3n) is 3.13. The fraction of sp³-hybridized carbons (Fsp3) is 0.429. The summed E-state index contributed by atoms with van der Waals surface area (Å²) >= 11 is 3.28. The van der Waals surface area contributed by atoms with E-state index in [1.54, 1.807) is 24.3 Å². The van der Waals surface area contributed by atoms with Crippen molar-refractivity contribution in [3.8, 4) is 5.75 Å². The average Bonchev–Trinajstić information content (AvgIpc) is 2.83. The van der Waals surface area contributed by atoms with Gasteiger partial charge in [-0.1, -0.05) is 15.9 Å². The van der Waals surface area contributed by atoms with Crippen LogP contribution in [0.1, 0.15) is 6.42 Å². The molecule has 1 saturated heterocycles. The van der Waals surface area contributed by atoms with Crippen molar-refractivity contribution in [1.82, 2.24) is 5.32 Å². The molecule has 0 unspecified atom stereocenters. The monoisotopic (exact) mass is 405 g/mol. The molecular formula is C14H16BrNO6S. The molecule has 9 heteroatoms. The highest BCUT2D eigenvalue weighted by Gasteiger charge is 2.29. The van der Waals surface area contributed by atoms with E-state index in [1.807, 2.05) is 0 Å². The molecule has 0 saturated carbocycles. The van der Waals surface area contributed by atoms with E-state index in [2.05, 4.69) is 21.2 Å². The Bertz CT molecular complexity index is 673. The molecule has 7 nitrogen and oxygen atoms in total. The number of nitrogens with one attached hydrogen (secondary N) is 1. The third kappa shape index (κ3) is 6.19. The zero-order chi connectivity index (χ0) is 16.9. The molecule has 0 bridgehead atoms. The quantitative estimate of drug-likeness (QED) is 0.698. The maximum Gasteiger partial charge on any atom is 0.344 e. The Balaban J connectivity index is 1.66. The third-order valence-corrected chi connectivity index (χ3v) is 5.43. The van der Waals surface area contributed by atoms with Crippen molar-refractivity contribution < 1.29 is 27.5 Å². The Morgan fingerprint density at radius 2 is 1.91 bits per heavy atom. The Hall–Kier alpha value is -1.61. The topological polar surface area (TPSA) is 98.8 Å². The van der Waals surface area contributed by atoms with Gasteiger partial charge in [0.15, 0.2) is 23.1 Å². The molecular weight excluding hydrogens is 390 g/mol. The summed E-state index contributed by atoms with van der Waals surface area (Å²) in [6, 6.07) is 6.49. The number of sulfone groups is 1. The van der Waals surface area contributed by atoms with E-state index in [9.17, 15) is 18.0 Å². The zero-order valence-corrected chi connectivity index (χ0v) is 14.6. The highest BCUT2D eigenvalue weighted by molar-refractivity contribution is 9.10. The minimum Gasteiger partial charge on any atom is -0.482 e. The molecule has 126 valence electrons. The molecule has 1 fully saturated rings. The lowest BCUT2D eigenvalue weighted by molar-refractivity contribution is -0.150. The average molecular weight is 406 g/mol. The van der Waals surface area contributed by atoms with Gasteiger partial charge in [0.2, 0.25) is 0 Å². The van der Waals surface area contributed by atoms with E-state index >= 15 is 0 Å². The maximum absolute atomic E-state index is 11.6. The van der Waals surface area contributed by atoms with Crippen LogP contribution in [0, 0.1) is 0 Å². The van der Waals surface area contributed by atoms with Gasteiger partial charge in [0.1, 0.15) is 5.75 Å². The van der Waals surface area contributed by atoms with E-state index in [4.69, 9.17) is 9.47 Å². The maximum atomic E-state index is 11.6. The second-order valence-corrected chi connectivity index (χ2v) is 8.22. The van der Waals surface area contributed by atoms with Crippen LogP contribution >= 0.6 is 15.9 Å². The van der Waals surface area contributed by atoms with Crippen molar-refractivity contribution in [1.29, 1.82) is 0 Å². The Kier molecular flexibility index (Phi) is 6.00. The van der Waals surface area contributed by atoms with Crippen molar-refractivity contribution >= 4 is 37.6 Å². The first kappa shape index (κ1) is 17.7. The number of amides is 1. The first-order chi connectivity index (χ1) is 10.8. The van der Waals surface area contributed by atoms with Gasteiger partial charge in [-0.25, -0.2) is 13.2 Å². The van der Waals surface area contributed by atoms with Crippen molar-refractivity contribution in [3.63, 3.8) is 0 Å². The summed E-state index contributed by atoms with van der Waals surface area (Å²) in [5.41, 5.74) is 0. The molecule has 1 aromatic rings. The molecule has 0 radical (unpaired) electrons. The van der Waals surface area contributed by atoms with Gasteiger partial charge < -0.3 is 14.8 Å². The number of hydrogen-bond acceptors (Lipinski definition) is 6. The molecule has 0 spiro atoms. The summed E-state index contributed by atoms with van der Waals surface area (Å²) < 4.78 is 33.4. The number of rotatable bonds is 6. The predicted octanol–water partition coefficient (Wildman–Crippen LogP) is 0.674. The molecule has 1 heterocycles. The van der Waals surface area contributed by atoms with Crippen LogP contribution in [-0.2, 0) is 24.2 Å². The minimum absolute atomic E-state index is 0.0682. The van der Waals surface area contributed by atoms with Crippen LogP contribution in [0.3, 0.4) is 0 Å². The molecule has 1 aromatic carbocycles. The fourth-order valence-electron chi connectivity index (χ4n) is 2.04. The second kappa shape index (κ2) is 7.78. The van der Waals surface area contributed by atoms with Crippen LogP contribution in [-0.4, -0.2) is 51.1 Å². The van der Waals surface area contributed by atoms with Gasteiger partial charge in [-0.15, -0.1) is 0 Å². The smallest absolute Gasteiger partial charge is 0.344 e. The molecule has 1 aliphatic heterocycles. The van der Waals surface area contributed by atoms with Crippen LogP contribution in [0.15, 0.2) is 28.7 Å². The SMILES string of the molecule is O=C(COC(=O)COc1ccc(Br)cc1)N[C@@H]1CCS(=O)(=O)C1. The first-order valence-corrected chi connectivity index (χ1v) is 9.49. The van der Waals surface area contributed by atoms with Crippen LogP contribution in [0.4, 0.5) is 0 Å². The highest BCUT2D eigenvalue weighted by atomic mass is 79.9. The number of halogens is 1. The lowest BCUT2D eigenvalue weighted by atomic mass is 10.2. The van der Waals surface area contributed by atoms with Gasteiger partial charge in [-0.2, -0.15) is 0 Å². The summed E-state index contributed by atoms with van der Waals surface area (Å²) in [5, 5.41) is 2.53. The molecule has 1 amide bonds. The van der Waals surface area contributed by atoms with Crippen LogP contribution in [0.5, 0.6) is 5.75 Å². The second-order valence-electron chi connectivity index (χ2n) is 5.07. The standard InChI is InChI=1S/C14H16BrNO6S/c15-10-1-3-12(4-2-10)21-8-14(18)22-7-13(17)16-11-5-6-23(19,20)9-11/h1-4,11H,5-9H2,(H,16,17)/t11-/m1/s1. The van der Waals surface area contributed by atoms with Crippen molar-refractivity contribution in [2.24, 2.45) is 0 Å². The molecule has 0 aromatic heterocycles. The van der Waals surface area contributed by atoms with Gasteiger partial charge in [0.05, 0.1) is 11.5 Å².